The third-order valence-corrected chi connectivity index (χ3v) is 7.29. The van der Waals surface area contributed by atoms with Gasteiger partial charge in [0.15, 0.2) is 0 Å². The molecule has 0 radical (unpaired) electrons. The average Bonchev–Trinajstić information content (AvgIpc) is 2.70. The molecule has 0 spiro atoms. The number of piperidine rings is 1. The number of fused-ring (bicyclic) bond motifs is 1. The van der Waals surface area contributed by atoms with E-state index < -0.39 is 0 Å². The maximum absolute atomic E-state index is 10.0. The highest BCUT2D eigenvalue weighted by Gasteiger charge is 2.44. The molecular weight excluding hydrogens is 344 g/mol. The van der Waals surface area contributed by atoms with Gasteiger partial charge in [0.05, 0.1) is 0 Å². The van der Waals surface area contributed by atoms with Crippen LogP contribution < -0.4 is 0 Å². The number of piperazine rings is 1. The van der Waals surface area contributed by atoms with Gasteiger partial charge in [-0.15, -0.1) is 0 Å². The first-order chi connectivity index (χ1) is 13.5. The summed E-state index contributed by atoms with van der Waals surface area (Å²) in [5.41, 5.74) is 4.24. The molecule has 3 atom stereocenters. The van der Waals surface area contributed by atoms with E-state index in [9.17, 15) is 5.11 Å². The maximum Gasteiger partial charge on any atom is 0.115 e. The molecule has 0 amide bonds. The van der Waals surface area contributed by atoms with E-state index in [0.717, 1.165) is 45.6 Å². The van der Waals surface area contributed by atoms with E-state index in [2.05, 4.69) is 60.9 Å². The lowest BCUT2D eigenvalue weighted by Gasteiger charge is -2.53. The molecule has 2 fully saturated rings. The van der Waals surface area contributed by atoms with Crippen LogP contribution in [-0.2, 0) is 18.4 Å². The van der Waals surface area contributed by atoms with E-state index in [1.165, 1.54) is 16.7 Å². The Morgan fingerprint density at radius 3 is 2.50 bits per heavy atom. The molecule has 150 valence electrons. The predicted octanol–water partition coefficient (Wildman–Crippen LogP) is 4.44. The highest BCUT2D eigenvalue weighted by Crippen LogP contribution is 2.43. The number of aryl methyl sites for hydroxylation is 1. The van der Waals surface area contributed by atoms with Crippen molar-refractivity contribution in [2.75, 3.05) is 26.2 Å². The molecule has 2 aromatic carbocycles. The van der Waals surface area contributed by atoms with E-state index >= 15 is 0 Å². The number of hydrogen-bond donors (Lipinski definition) is 1. The fourth-order valence-corrected chi connectivity index (χ4v) is 5.18. The quantitative estimate of drug-likeness (QED) is 0.852. The zero-order chi connectivity index (χ0) is 19.7. The van der Waals surface area contributed by atoms with Crippen LogP contribution in [0.1, 0.15) is 43.9 Å². The van der Waals surface area contributed by atoms with Gasteiger partial charge in [0.25, 0.3) is 0 Å². The number of rotatable bonds is 4. The average molecular weight is 379 g/mol. The van der Waals surface area contributed by atoms with Crippen LogP contribution in [0.3, 0.4) is 0 Å². The summed E-state index contributed by atoms with van der Waals surface area (Å²) in [6, 6.07) is 17.7. The van der Waals surface area contributed by atoms with E-state index in [4.69, 9.17) is 0 Å². The summed E-state index contributed by atoms with van der Waals surface area (Å²) in [4.78, 5) is 5.33. The Bertz CT molecular complexity index is 802. The van der Waals surface area contributed by atoms with Crippen molar-refractivity contribution in [1.29, 1.82) is 0 Å². The lowest BCUT2D eigenvalue weighted by molar-refractivity contribution is -0.00557. The summed E-state index contributed by atoms with van der Waals surface area (Å²) >= 11 is 0. The number of nitrogens with zero attached hydrogens (tertiary/aromatic N) is 2. The summed E-state index contributed by atoms with van der Waals surface area (Å²) in [5.74, 6) is 0.966. The van der Waals surface area contributed by atoms with Gasteiger partial charge < -0.3 is 5.11 Å². The molecule has 2 saturated heterocycles. The highest BCUT2D eigenvalue weighted by atomic mass is 16.3. The van der Waals surface area contributed by atoms with Crippen molar-refractivity contribution in [1.82, 2.24) is 9.80 Å². The molecule has 4 rings (SSSR count). The van der Waals surface area contributed by atoms with Gasteiger partial charge in [0.1, 0.15) is 5.75 Å². The van der Waals surface area contributed by atoms with Crippen LogP contribution in [0.4, 0.5) is 0 Å². The molecule has 2 aliphatic heterocycles. The summed E-state index contributed by atoms with van der Waals surface area (Å²) in [7, 11) is 0. The van der Waals surface area contributed by atoms with Crippen molar-refractivity contribution in [3.63, 3.8) is 0 Å². The molecule has 3 nitrogen and oxygen atoms in total. The summed E-state index contributed by atoms with van der Waals surface area (Å²) < 4.78 is 0. The van der Waals surface area contributed by atoms with Gasteiger partial charge in [0.2, 0.25) is 0 Å². The summed E-state index contributed by atoms with van der Waals surface area (Å²) in [6.45, 7) is 12.6. The first-order valence-corrected chi connectivity index (χ1v) is 10.8. The largest absolute Gasteiger partial charge is 0.508 e. The van der Waals surface area contributed by atoms with Crippen molar-refractivity contribution < 1.29 is 5.11 Å². The van der Waals surface area contributed by atoms with Crippen LogP contribution in [0.15, 0.2) is 48.5 Å². The van der Waals surface area contributed by atoms with Gasteiger partial charge in [-0.3, -0.25) is 9.80 Å². The standard InChI is InChI=1S/C25H34N2O/c1-4-20-8-10-21(11-9-20)17-26-12-13-27-16-19(2)25(3,15-23(27)18-26)22-6-5-7-24(28)14-22/h5-11,14,19,23,28H,4,12-13,15-18H2,1-3H3/t19-,23+,25+/m0/s1. The lowest BCUT2D eigenvalue weighted by Crippen LogP contribution is -2.60. The van der Waals surface area contributed by atoms with Crippen molar-refractivity contribution in [2.45, 2.75) is 51.6 Å². The zero-order valence-corrected chi connectivity index (χ0v) is 17.6. The molecule has 2 aromatic rings. The molecule has 0 bridgehead atoms. The summed E-state index contributed by atoms with van der Waals surface area (Å²) in [6.07, 6.45) is 2.26. The van der Waals surface area contributed by atoms with E-state index in [0.29, 0.717) is 17.7 Å². The Morgan fingerprint density at radius 2 is 1.79 bits per heavy atom. The van der Waals surface area contributed by atoms with E-state index in [1.54, 1.807) is 6.07 Å². The topological polar surface area (TPSA) is 26.7 Å². The van der Waals surface area contributed by atoms with Crippen molar-refractivity contribution >= 4 is 0 Å². The van der Waals surface area contributed by atoms with Crippen LogP contribution in [0.5, 0.6) is 5.75 Å². The molecular formula is C25H34N2O. The van der Waals surface area contributed by atoms with Crippen molar-refractivity contribution in [2.24, 2.45) is 5.92 Å². The Hall–Kier alpha value is -1.84. The number of aromatic hydroxyl groups is 1. The molecule has 0 saturated carbocycles. The summed E-state index contributed by atoms with van der Waals surface area (Å²) in [5, 5.41) is 10.0. The highest BCUT2D eigenvalue weighted by molar-refractivity contribution is 5.34. The van der Waals surface area contributed by atoms with Crippen LogP contribution in [0.2, 0.25) is 0 Å². The minimum absolute atomic E-state index is 0.117. The second-order valence-electron chi connectivity index (χ2n) is 9.13. The van der Waals surface area contributed by atoms with Crippen LogP contribution in [0, 0.1) is 5.92 Å². The zero-order valence-electron chi connectivity index (χ0n) is 17.6. The molecule has 1 N–H and O–H groups in total. The van der Waals surface area contributed by atoms with Gasteiger partial charge >= 0.3 is 0 Å². The number of hydrogen-bond acceptors (Lipinski definition) is 3. The first kappa shape index (κ1) is 19.5. The van der Waals surface area contributed by atoms with Gasteiger partial charge in [-0.25, -0.2) is 0 Å². The molecule has 0 aliphatic carbocycles. The Kier molecular flexibility index (Phi) is 5.48. The van der Waals surface area contributed by atoms with Crippen molar-refractivity contribution in [3.8, 4) is 5.75 Å². The second-order valence-corrected chi connectivity index (χ2v) is 9.13. The smallest absolute Gasteiger partial charge is 0.115 e. The first-order valence-electron chi connectivity index (χ1n) is 10.8. The van der Waals surface area contributed by atoms with Crippen LogP contribution in [0.25, 0.3) is 0 Å². The fourth-order valence-electron chi connectivity index (χ4n) is 5.18. The SMILES string of the molecule is CCc1ccc(CN2CCN3C[C@H](C)[C@](C)(c4cccc(O)c4)C[C@@H]3C2)cc1. The third-order valence-electron chi connectivity index (χ3n) is 7.29. The van der Waals surface area contributed by atoms with Crippen LogP contribution in [-0.4, -0.2) is 47.1 Å². The van der Waals surface area contributed by atoms with Gasteiger partial charge in [-0.05, 0) is 53.0 Å². The third kappa shape index (κ3) is 3.83. The Labute approximate surface area is 170 Å². The van der Waals surface area contributed by atoms with Gasteiger partial charge in [-0.1, -0.05) is 57.2 Å². The van der Waals surface area contributed by atoms with Gasteiger partial charge in [-0.2, -0.15) is 0 Å². The molecule has 0 unspecified atom stereocenters. The van der Waals surface area contributed by atoms with Crippen LogP contribution >= 0.6 is 0 Å². The lowest BCUT2D eigenvalue weighted by atomic mass is 9.65. The normalized spacial score (nSPS) is 28.8. The molecule has 3 heteroatoms. The molecule has 2 heterocycles. The second kappa shape index (κ2) is 7.88. The Morgan fingerprint density at radius 1 is 1.04 bits per heavy atom. The number of benzene rings is 2. The van der Waals surface area contributed by atoms with Crippen molar-refractivity contribution in [3.05, 3.63) is 65.2 Å². The van der Waals surface area contributed by atoms with Gasteiger partial charge in [0, 0.05) is 38.8 Å². The molecule has 0 aromatic heterocycles. The minimum Gasteiger partial charge on any atom is -0.508 e. The minimum atomic E-state index is 0.117. The predicted molar refractivity (Wildman–Crippen MR) is 116 cm³/mol. The molecule has 2 aliphatic rings. The number of phenols is 1. The number of phenolic OH excluding ortho intramolecular Hbond substituents is 1. The maximum atomic E-state index is 10.0. The fraction of sp³-hybridized carbons (Fsp3) is 0.520. The van der Waals surface area contributed by atoms with E-state index in [-0.39, 0.29) is 5.41 Å². The Balaban J connectivity index is 1.47. The van der Waals surface area contributed by atoms with E-state index in [1.807, 2.05) is 12.1 Å². The monoisotopic (exact) mass is 378 g/mol. The molecule has 28 heavy (non-hydrogen) atoms.